The van der Waals surface area contributed by atoms with Crippen LogP contribution in [0.5, 0.6) is 0 Å². The third-order valence-corrected chi connectivity index (χ3v) is 3.00. The Kier molecular flexibility index (Phi) is 3.33. The van der Waals surface area contributed by atoms with E-state index in [9.17, 15) is 9.59 Å². The highest BCUT2D eigenvalue weighted by Crippen LogP contribution is 2.17. The number of rotatable bonds is 1. The molecule has 1 amide bonds. The van der Waals surface area contributed by atoms with Gasteiger partial charge in [-0.1, -0.05) is 12.1 Å². The molecule has 0 aliphatic carbocycles. The van der Waals surface area contributed by atoms with Gasteiger partial charge in [-0.15, -0.1) is 4.99 Å². The fourth-order valence-electron chi connectivity index (χ4n) is 0.914. The fourth-order valence-corrected chi connectivity index (χ4v) is 1.50. The van der Waals surface area contributed by atoms with Gasteiger partial charge in [-0.3, -0.25) is 4.79 Å². The molecule has 0 heterocycles. The normalized spacial score (nSPS) is 9.08. The van der Waals surface area contributed by atoms with Crippen molar-refractivity contribution in [3.8, 4) is 0 Å². The first-order valence-corrected chi connectivity index (χ1v) is 4.62. The molecule has 0 saturated heterocycles. The topological polar surface area (TPSA) is 46.5 Å². The molecular formula is C9H6INO2. The number of nitrogens with zero attached hydrogens (tertiary/aromatic N) is 1. The molecule has 1 aromatic carbocycles. The average Bonchev–Trinajstić information content (AvgIpc) is 2.10. The number of benzene rings is 1. The molecule has 3 nitrogen and oxygen atoms in total. The van der Waals surface area contributed by atoms with Crippen LogP contribution in [-0.2, 0) is 4.79 Å². The molecule has 0 aliphatic heterocycles. The zero-order chi connectivity index (χ0) is 9.84. The Bertz CT molecular complexity index is 395. The number of aryl methyl sites for hydroxylation is 1. The minimum Gasteiger partial charge on any atom is -0.266 e. The summed E-state index contributed by atoms with van der Waals surface area (Å²) in [5, 5.41) is 0. The standard InChI is InChI=1S/C9H6INO2/c1-6-3-2-4-7(8(6)10)9(13)11-5-12/h2-4H,1H3. The van der Waals surface area contributed by atoms with Gasteiger partial charge in [-0.2, -0.15) is 0 Å². The SMILES string of the molecule is Cc1cccc(C(=O)N=C=O)c1I. The van der Waals surface area contributed by atoms with E-state index >= 15 is 0 Å². The second-order valence-corrected chi connectivity index (χ2v) is 3.52. The van der Waals surface area contributed by atoms with Gasteiger partial charge in [0.15, 0.2) is 0 Å². The monoisotopic (exact) mass is 287 g/mol. The first-order valence-electron chi connectivity index (χ1n) is 3.54. The van der Waals surface area contributed by atoms with Crippen molar-refractivity contribution in [1.29, 1.82) is 0 Å². The highest BCUT2D eigenvalue weighted by atomic mass is 127. The molecule has 66 valence electrons. The summed E-state index contributed by atoms with van der Waals surface area (Å²) in [6.07, 6.45) is 1.23. The molecule has 4 heteroatoms. The average molecular weight is 287 g/mol. The van der Waals surface area contributed by atoms with E-state index in [1.54, 1.807) is 12.1 Å². The first kappa shape index (κ1) is 10.1. The number of aliphatic imine (C=N–C) groups is 1. The predicted octanol–water partition coefficient (Wildman–Crippen LogP) is 2.08. The lowest BCUT2D eigenvalue weighted by atomic mass is 10.1. The highest BCUT2D eigenvalue weighted by Gasteiger charge is 2.09. The van der Waals surface area contributed by atoms with Crippen molar-refractivity contribution in [2.45, 2.75) is 6.92 Å². The lowest BCUT2D eigenvalue weighted by molar-refractivity contribution is 0.100. The molecule has 1 aromatic rings. The zero-order valence-electron chi connectivity index (χ0n) is 6.87. The zero-order valence-corrected chi connectivity index (χ0v) is 9.03. The molecule has 1 rings (SSSR count). The number of halogens is 1. The van der Waals surface area contributed by atoms with Gasteiger partial charge in [-0.05, 0) is 41.1 Å². The van der Waals surface area contributed by atoms with Gasteiger partial charge in [-0.25, -0.2) is 4.79 Å². The van der Waals surface area contributed by atoms with Gasteiger partial charge < -0.3 is 0 Å². The Balaban J connectivity index is 3.22. The van der Waals surface area contributed by atoms with Crippen molar-refractivity contribution in [2.75, 3.05) is 0 Å². The van der Waals surface area contributed by atoms with Crippen LogP contribution in [0.1, 0.15) is 15.9 Å². The summed E-state index contributed by atoms with van der Waals surface area (Å²) in [5.74, 6) is -0.539. The van der Waals surface area contributed by atoms with Crippen LogP contribution in [0, 0.1) is 10.5 Å². The summed E-state index contributed by atoms with van der Waals surface area (Å²) < 4.78 is 0.823. The number of hydrogen-bond acceptors (Lipinski definition) is 2. The second-order valence-electron chi connectivity index (χ2n) is 2.44. The van der Waals surface area contributed by atoms with Gasteiger partial charge in [0.1, 0.15) is 0 Å². The molecule has 0 aliphatic rings. The Hall–Kier alpha value is -1.00. The molecule has 0 N–H and O–H groups in total. The van der Waals surface area contributed by atoms with Crippen molar-refractivity contribution in [3.63, 3.8) is 0 Å². The van der Waals surface area contributed by atoms with E-state index in [-0.39, 0.29) is 0 Å². The predicted molar refractivity (Wildman–Crippen MR) is 56.3 cm³/mol. The van der Waals surface area contributed by atoms with E-state index in [0.717, 1.165) is 9.13 Å². The molecule has 0 bridgehead atoms. The molecule has 0 unspecified atom stereocenters. The highest BCUT2D eigenvalue weighted by molar-refractivity contribution is 14.1. The van der Waals surface area contributed by atoms with Crippen LogP contribution in [-0.4, -0.2) is 12.0 Å². The Labute approximate surface area is 89.0 Å². The van der Waals surface area contributed by atoms with Crippen LogP contribution in [0.15, 0.2) is 23.2 Å². The maximum absolute atomic E-state index is 11.2. The van der Waals surface area contributed by atoms with E-state index in [2.05, 4.69) is 4.99 Å². The smallest absolute Gasteiger partial charge is 0.266 e. The minimum absolute atomic E-state index is 0.448. The first-order chi connectivity index (χ1) is 6.16. The van der Waals surface area contributed by atoms with E-state index in [1.165, 1.54) is 6.08 Å². The summed E-state index contributed by atoms with van der Waals surface area (Å²) in [6, 6.07) is 5.28. The van der Waals surface area contributed by atoms with Gasteiger partial charge in [0.2, 0.25) is 6.08 Å². The number of carbonyl (C=O) groups is 1. The summed E-state index contributed by atoms with van der Waals surface area (Å²) in [7, 11) is 0. The van der Waals surface area contributed by atoms with Crippen LogP contribution in [0.4, 0.5) is 0 Å². The van der Waals surface area contributed by atoms with Crippen LogP contribution in [0.3, 0.4) is 0 Å². The molecular weight excluding hydrogens is 281 g/mol. The van der Waals surface area contributed by atoms with Crippen molar-refractivity contribution in [3.05, 3.63) is 32.9 Å². The van der Waals surface area contributed by atoms with Crippen molar-refractivity contribution in [2.24, 2.45) is 4.99 Å². The van der Waals surface area contributed by atoms with Gasteiger partial charge >= 0.3 is 0 Å². The number of hydrogen-bond donors (Lipinski definition) is 0. The van der Waals surface area contributed by atoms with Crippen molar-refractivity contribution < 1.29 is 9.59 Å². The minimum atomic E-state index is -0.539. The van der Waals surface area contributed by atoms with Gasteiger partial charge in [0.25, 0.3) is 5.91 Å². The third kappa shape index (κ3) is 2.23. The number of amides is 1. The van der Waals surface area contributed by atoms with E-state index < -0.39 is 5.91 Å². The van der Waals surface area contributed by atoms with Crippen LogP contribution in [0.25, 0.3) is 0 Å². The van der Waals surface area contributed by atoms with Gasteiger partial charge in [0.05, 0.1) is 5.56 Å². The molecule has 0 fully saturated rings. The second kappa shape index (κ2) is 4.30. The Morgan fingerprint density at radius 3 is 2.85 bits per heavy atom. The van der Waals surface area contributed by atoms with E-state index in [0.29, 0.717) is 5.56 Å². The molecule has 0 saturated carbocycles. The molecule has 13 heavy (non-hydrogen) atoms. The maximum atomic E-state index is 11.2. The quantitative estimate of drug-likeness (QED) is 0.451. The Morgan fingerprint density at radius 1 is 1.54 bits per heavy atom. The van der Waals surface area contributed by atoms with E-state index in [1.807, 2.05) is 35.6 Å². The van der Waals surface area contributed by atoms with E-state index in [4.69, 9.17) is 0 Å². The van der Waals surface area contributed by atoms with Crippen LogP contribution >= 0.6 is 22.6 Å². The van der Waals surface area contributed by atoms with Crippen molar-refractivity contribution in [1.82, 2.24) is 0 Å². The lowest BCUT2D eigenvalue weighted by Crippen LogP contribution is -1.99. The third-order valence-electron chi connectivity index (χ3n) is 1.57. The Morgan fingerprint density at radius 2 is 2.23 bits per heavy atom. The summed E-state index contributed by atoms with van der Waals surface area (Å²) in [6.45, 7) is 1.89. The molecule has 0 atom stereocenters. The lowest BCUT2D eigenvalue weighted by Gasteiger charge is -2.01. The fraction of sp³-hybridized carbons (Fsp3) is 0.111. The number of carbonyl (C=O) groups excluding carboxylic acids is 2. The molecule has 0 radical (unpaired) electrons. The van der Waals surface area contributed by atoms with Crippen molar-refractivity contribution >= 4 is 34.6 Å². The summed E-state index contributed by atoms with van der Waals surface area (Å²) in [5.41, 5.74) is 1.44. The van der Waals surface area contributed by atoms with Crippen LogP contribution in [0.2, 0.25) is 0 Å². The van der Waals surface area contributed by atoms with Gasteiger partial charge in [0, 0.05) is 3.57 Å². The number of isocyanates is 1. The summed E-state index contributed by atoms with van der Waals surface area (Å²) >= 11 is 2.05. The molecule has 0 aromatic heterocycles. The maximum Gasteiger partial charge on any atom is 0.288 e. The summed E-state index contributed by atoms with van der Waals surface area (Å²) in [4.78, 5) is 24.1. The largest absolute Gasteiger partial charge is 0.288 e. The van der Waals surface area contributed by atoms with Crippen LogP contribution < -0.4 is 0 Å². The molecule has 0 spiro atoms.